The van der Waals surface area contributed by atoms with Gasteiger partial charge in [0.15, 0.2) is 5.65 Å². The van der Waals surface area contributed by atoms with Crippen LogP contribution in [0.15, 0.2) is 6.33 Å². The molecule has 2 aromatic rings. The highest BCUT2D eigenvalue weighted by Crippen LogP contribution is 2.60. The molecule has 5 heteroatoms. The Morgan fingerprint density at radius 1 is 0.867 bits per heavy atom. The topological polar surface area (TPSA) is 43.6 Å². The smallest absolute Gasteiger partial charge is 0.310 e. The van der Waals surface area contributed by atoms with Crippen LogP contribution >= 0.6 is 0 Å². The highest BCUT2D eigenvalue weighted by atomic mass is 19.1. The average Bonchev–Trinajstić information content (AvgIpc) is 3.62. The summed E-state index contributed by atoms with van der Waals surface area (Å²) in [5.74, 6) is 2.83. The van der Waals surface area contributed by atoms with Crippen molar-refractivity contribution in [3.63, 3.8) is 0 Å². The first-order valence-corrected chi connectivity index (χ1v) is 19.8. The summed E-state index contributed by atoms with van der Waals surface area (Å²) in [7, 11) is 0. The molecule has 2 aliphatic rings. The van der Waals surface area contributed by atoms with Crippen molar-refractivity contribution in [3.05, 3.63) is 18.1 Å². The zero-order valence-electron chi connectivity index (χ0n) is 30.7. The summed E-state index contributed by atoms with van der Waals surface area (Å²) in [4.78, 5) is 13.7. The number of unbranched alkanes of at least 4 members (excludes halogenated alkanes) is 9. The van der Waals surface area contributed by atoms with Crippen LogP contribution in [0.2, 0.25) is 0 Å². The maximum Gasteiger partial charge on any atom is 0.310 e. The second-order valence-corrected chi connectivity index (χ2v) is 15.1. The first-order valence-electron chi connectivity index (χ1n) is 19.8. The monoisotopic (exact) mass is 627 g/mol. The Kier molecular flexibility index (Phi) is 16.8. The molecule has 0 N–H and O–H groups in total. The third-order valence-corrected chi connectivity index (χ3v) is 11.5. The second kappa shape index (κ2) is 20.0. The van der Waals surface area contributed by atoms with Crippen molar-refractivity contribution in [2.45, 2.75) is 196 Å². The van der Waals surface area contributed by atoms with Gasteiger partial charge in [-0.15, -0.1) is 0 Å². The summed E-state index contributed by atoms with van der Waals surface area (Å²) >= 11 is 0. The predicted octanol–water partition coefficient (Wildman–Crippen LogP) is 12.8. The lowest BCUT2D eigenvalue weighted by Crippen LogP contribution is -2.37. The van der Waals surface area contributed by atoms with Crippen LogP contribution in [-0.4, -0.2) is 19.5 Å². The molecule has 2 fully saturated rings. The molecule has 0 aromatic carbocycles. The van der Waals surface area contributed by atoms with Crippen molar-refractivity contribution in [2.24, 2.45) is 29.1 Å². The van der Waals surface area contributed by atoms with E-state index in [0.717, 1.165) is 47.5 Å². The minimum absolute atomic E-state index is 0.356. The van der Waals surface area contributed by atoms with E-state index in [1.807, 2.05) is 20.2 Å². The van der Waals surface area contributed by atoms with Gasteiger partial charge >= 0.3 is 6.08 Å². The van der Waals surface area contributed by atoms with E-state index in [9.17, 15) is 0 Å². The summed E-state index contributed by atoms with van der Waals surface area (Å²) in [5.41, 5.74) is 2.83. The van der Waals surface area contributed by atoms with E-state index in [0.29, 0.717) is 17.4 Å². The Morgan fingerprint density at radius 2 is 1.51 bits per heavy atom. The Bertz CT molecular complexity index is 1070. The Morgan fingerprint density at radius 3 is 2.18 bits per heavy atom. The molecular weight excluding hydrogens is 555 g/mol. The number of imidazole rings is 1. The fraction of sp³-hybridized carbons (Fsp3) is 0.875. The van der Waals surface area contributed by atoms with E-state index >= 15 is 4.39 Å². The van der Waals surface area contributed by atoms with Crippen molar-refractivity contribution in [1.29, 1.82) is 0 Å². The molecule has 4 nitrogen and oxygen atoms in total. The third kappa shape index (κ3) is 10.5. The second-order valence-electron chi connectivity index (χ2n) is 15.1. The number of hydrogen-bond acceptors (Lipinski definition) is 3. The molecule has 2 aliphatic carbocycles. The van der Waals surface area contributed by atoms with E-state index in [4.69, 9.17) is 4.98 Å². The van der Waals surface area contributed by atoms with Crippen LogP contribution in [0.4, 0.5) is 4.39 Å². The summed E-state index contributed by atoms with van der Waals surface area (Å²) in [5, 5.41) is 0. The number of fused-ring (bicyclic) bond motifs is 1. The van der Waals surface area contributed by atoms with Gasteiger partial charge in [-0.05, 0) is 74.0 Å². The molecule has 0 spiro atoms. The zero-order chi connectivity index (χ0) is 32.7. The van der Waals surface area contributed by atoms with Crippen LogP contribution in [0, 0.1) is 35.2 Å². The molecular formula is C40H71FN4. The van der Waals surface area contributed by atoms with E-state index < -0.39 is 6.08 Å². The van der Waals surface area contributed by atoms with Gasteiger partial charge in [0.2, 0.25) is 0 Å². The lowest BCUT2D eigenvalue weighted by molar-refractivity contribution is 0.0405. The molecule has 258 valence electrons. The fourth-order valence-corrected chi connectivity index (χ4v) is 9.36. The molecule has 2 saturated carbocycles. The summed E-state index contributed by atoms with van der Waals surface area (Å²) in [6, 6.07) is 0.356. The van der Waals surface area contributed by atoms with Gasteiger partial charge in [-0.3, -0.25) is 0 Å². The number of rotatable bonds is 19. The van der Waals surface area contributed by atoms with Gasteiger partial charge in [0.1, 0.15) is 5.52 Å². The summed E-state index contributed by atoms with van der Waals surface area (Å²) in [6.07, 6.45) is 29.5. The SMILES string of the molecule is CC.CCCCCCCc1nc(F)nc2c1ncn2C1CC(CC(C)CCCC)C(C2(C)CCCCC2)C1CCCCCCC. The molecule has 2 aromatic heterocycles. The van der Waals surface area contributed by atoms with Gasteiger partial charge < -0.3 is 4.57 Å². The first kappa shape index (κ1) is 37.9. The number of aryl methyl sites for hydroxylation is 1. The summed E-state index contributed by atoms with van der Waals surface area (Å²) in [6.45, 7) is 16.0. The van der Waals surface area contributed by atoms with Crippen molar-refractivity contribution in [2.75, 3.05) is 0 Å². The highest BCUT2D eigenvalue weighted by molar-refractivity contribution is 5.73. The molecule has 45 heavy (non-hydrogen) atoms. The van der Waals surface area contributed by atoms with Gasteiger partial charge in [0.05, 0.1) is 12.0 Å². The van der Waals surface area contributed by atoms with Crippen LogP contribution in [0.5, 0.6) is 0 Å². The molecule has 2 heterocycles. The fourth-order valence-electron chi connectivity index (χ4n) is 9.36. The predicted molar refractivity (Wildman–Crippen MR) is 191 cm³/mol. The van der Waals surface area contributed by atoms with Crippen molar-refractivity contribution < 1.29 is 4.39 Å². The molecule has 0 bridgehead atoms. The molecule has 0 amide bonds. The van der Waals surface area contributed by atoms with E-state index in [1.54, 1.807) is 0 Å². The molecule has 0 radical (unpaired) electrons. The number of aromatic nitrogens is 4. The van der Waals surface area contributed by atoms with Crippen molar-refractivity contribution in [3.8, 4) is 0 Å². The van der Waals surface area contributed by atoms with Crippen LogP contribution in [0.3, 0.4) is 0 Å². The van der Waals surface area contributed by atoms with Gasteiger partial charge in [0.25, 0.3) is 0 Å². The molecule has 0 saturated heterocycles. The van der Waals surface area contributed by atoms with Crippen LogP contribution < -0.4 is 0 Å². The van der Waals surface area contributed by atoms with Crippen molar-refractivity contribution >= 4 is 11.2 Å². The maximum atomic E-state index is 15.0. The van der Waals surface area contributed by atoms with Crippen LogP contribution in [-0.2, 0) is 6.42 Å². The normalized spacial score (nSPS) is 23.6. The minimum atomic E-state index is -0.576. The largest absolute Gasteiger partial charge is 0.312 e. The first-order chi connectivity index (χ1) is 21.9. The Labute approximate surface area is 277 Å². The standard InChI is InChI=1S/C38H65FN4.C2H6/c1-6-9-12-14-17-22-31-33(27-30(26-29(4)21-11-8-3)34(31)38(5)24-19-16-20-25-38)43-28-40-35-32(23-18-15-13-10-7-2)41-37(39)42-36(35)43;1-2/h28-31,33-34H,6-27H2,1-5H3;1-2H3. The van der Waals surface area contributed by atoms with Gasteiger partial charge in [-0.25, -0.2) is 9.97 Å². The lowest BCUT2D eigenvalue weighted by Gasteiger charge is -2.46. The van der Waals surface area contributed by atoms with E-state index in [1.165, 1.54) is 128 Å². The Balaban J connectivity index is 0.00000271. The van der Waals surface area contributed by atoms with Gasteiger partial charge in [-0.2, -0.15) is 9.37 Å². The molecule has 0 aliphatic heterocycles. The van der Waals surface area contributed by atoms with Gasteiger partial charge in [0, 0.05) is 6.04 Å². The quantitative estimate of drug-likeness (QED) is 0.115. The molecule has 4 rings (SSSR count). The Hall–Kier alpha value is -1.52. The van der Waals surface area contributed by atoms with Crippen LogP contribution in [0.1, 0.15) is 195 Å². The summed E-state index contributed by atoms with van der Waals surface area (Å²) < 4.78 is 17.4. The third-order valence-electron chi connectivity index (χ3n) is 11.5. The van der Waals surface area contributed by atoms with Crippen LogP contribution in [0.25, 0.3) is 11.2 Å². The van der Waals surface area contributed by atoms with Gasteiger partial charge in [-0.1, -0.05) is 145 Å². The number of hydrogen-bond donors (Lipinski definition) is 0. The lowest BCUT2D eigenvalue weighted by atomic mass is 9.60. The molecule has 5 atom stereocenters. The number of halogens is 1. The van der Waals surface area contributed by atoms with E-state index in [-0.39, 0.29) is 0 Å². The van der Waals surface area contributed by atoms with Crippen molar-refractivity contribution in [1.82, 2.24) is 19.5 Å². The highest BCUT2D eigenvalue weighted by Gasteiger charge is 2.52. The maximum absolute atomic E-state index is 15.0. The minimum Gasteiger partial charge on any atom is -0.312 e. The average molecular weight is 627 g/mol. The van der Waals surface area contributed by atoms with E-state index in [2.05, 4.69) is 49.2 Å². The zero-order valence-corrected chi connectivity index (χ0v) is 30.7. The molecule has 5 unspecified atom stereocenters. The number of nitrogens with zero attached hydrogens (tertiary/aromatic N) is 4.